The number of aromatic nitrogens is 3. The van der Waals surface area contributed by atoms with Crippen molar-refractivity contribution in [2.24, 2.45) is 5.92 Å². The van der Waals surface area contributed by atoms with Crippen molar-refractivity contribution in [1.29, 1.82) is 0 Å². The number of amides is 2. The first-order valence-corrected chi connectivity index (χ1v) is 5.98. The number of nitrogens with one attached hydrogen (secondary N) is 2. The normalized spacial score (nSPS) is 12.2. The second-order valence-electron chi connectivity index (χ2n) is 4.76. The van der Waals surface area contributed by atoms with Gasteiger partial charge in [0.05, 0.1) is 6.54 Å². The van der Waals surface area contributed by atoms with Gasteiger partial charge in [-0.15, -0.1) is 0 Å². The number of aliphatic carboxylic acids is 1. The molecule has 0 saturated carbocycles. The van der Waals surface area contributed by atoms with Crippen molar-refractivity contribution in [3.05, 3.63) is 12.2 Å². The number of hydrogen-bond acceptors (Lipinski definition) is 4. The van der Waals surface area contributed by atoms with Gasteiger partial charge in [0, 0.05) is 7.05 Å². The summed E-state index contributed by atoms with van der Waals surface area (Å²) in [6.07, 6.45) is 1.73. The van der Waals surface area contributed by atoms with E-state index in [2.05, 4.69) is 20.5 Å². The molecular formula is C11H19N5O3. The third kappa shape index (κ3) is 4.94. The number of urea groups is 1. The van der Waals surface area contributed by atoms with E-state index in [1.54, 1.807) is 7.05 Å². The quantitative estimate of drug-likeness (QED) is 0.694. The Morgan fingerprint density at radius 3 is 2.68 bits per heavy atom. The number of carbonyl (C=O) groups is 2. The number of aromatic amines is 1. The van der Waals surface area contributed by atoms with Crippen LogP contribution in [0.15, 0.2) is 6.33 Å². The van der Waals surface area contributed by atoms with Gasteiger partial charge in [-0.2, -0.15) is 5.10 Å². The summed E-state index contributed by atoms with van der Waals surface area (Å²) in [5, 5.41) is 17.8. The second-order valence-corrected chi connectivity index (χ2v) is 4.76. The monoisotopic (exact) mass is 269 g/mol. The Morgan fingerprint density at radius 2 is 2.21 bits per heavy atom. The van der Waals surface area contributed by atoms with Gasteiger partial charge in [0.1, 0.15) is 18.2 Å². The zero-order chi connectivity index (χ0) is 14.4. The molecule has 0 aromatic carbocycles. The molecule has 8 heteroatoms. The molecule has 1 rings (SSSR count). The largest absolute Gasteiger partial charge is 0.480 e. The van der Waals surface area contributed by atoms with Crippen molar-refractivity contribution in [2.75, 3.05) is 7.05 Å². The van der Waals surface area contributed by atoms with Crippen LogP contribution in [0, 0.1) is 5.92 Å². The molecule has 1 aromatic heterocycles. The van der Waals surface area contributed by atoms with Crippen molar-refractivity contribution in [3.63, 3.8) is 0 Å². The highest BCUT2D eigenvalue weighted by molar-refractivity contribution is 5.82. The van der Waals surface area contributed by atoms with E-state index in [0.29, 0.717) is 12.2 Å². The summed E-state index contributed by atoms with van der Waals surface area (Å²) in [5.74, 6) is -0.315. The zero-order valence-corrected chi connectivity index (χ0v) is 11.3. The van der Waals surface area contributed by atoms with Crippen molar-refractivity contribution in [2.45, 2.75) is 32.9 Å². The molecule has 1 atom stereocenters. The van der Waals surface area contributed by atoms with E-state index in [-0.39, 0.29) is 12.5 Å². The minimum Gasteiger partial charge on any atom is -0.480 e. The standard InChI is InChI=1S/C11H19N5O3/c1-7(2)4-8(10(17)18)14-11(19)16(3)5-9-12-6-13-15-9/h6-8H,4-5H2,1-3H3,(H,14,19)(H,17,18)(H,12,13,15)/t8-/m0/s1. The van der Waals surface area contributed by atoms with Crippen LogP contribution in [0.3, 0.4) is 0 Å². The van der Waals surface area contributed by atoms with E-state index in [1.807, 2.05) is 13.8 Å². The highest BCUT2D eigenvalue weighted by atomic mass is 16.4. The number of hydrogen-bond donors (Lipinski definition) is 3. The highest BCUT2D eigenvalue weighted by Gasteiger charge is 2.22. The second kappa shape index (κ2) is 6.72. The predicted molar refractivity (Wildman–Crippen MR) is 67.3 cm³/mol. The van der Waals surface area contributed by atoms with Crippen molar-refractivity contribution < 1.29 is 14.7 Å². The minimum absolute atomic E-state index is 0.181. The van der Waals surface area contributed by atoms with Crippen LogP contribution in [-0.4, -0.2) is 50.3 Å². The summed E-state index contributed by atoms with van der Waals surface area (Å²) in [7, 11) is 1.56. The van der Waals surface area contributed by atoms with Crippen LogP contribution in [-0.2, 0) is 11.3 Å². The van der Waals surface area contributed by atoms with Gasteiger partial charge in [0.25, 0.3) is 0 Å². The fourth-order valence-electron chi connectivity index (χ4n) is 1.56. The molecule has 0 aliphatic heterocycles. The molecule has 0 radical (unpaired) electrons. The number of carboxylic acids is 1. The zero-order valence-electron chi connectivity index (χ0n) is 11.3. The molecule has 0 fully saturated rings. The molecule has 0 bridgehead atoms. The Hall–Kier alpha value is -2.12. The lowest BCUT2D eigenvalue weighted by molar-refractivity contribution is -0.139. The van der Waals surface area contributed by atoms with E-state index < -0.39 is 18.0 Å². The van der Waals surface area contributed by atoms with Crippen LogP contribution in [0.2, 0.25) is 0 Å². The SMILES string of the molecule is CC(C)C[C@H](NC(=O)N(C)Cc1ncn[nH]1)C(=O)O. The first-order valence-electron chi connectivity index (χ1n) is 5.98. The fourth-order valence-corrected chi connectivity index (χ4v) is 1.56. The van der Waals surface area contributed by atoms with Gasteiger partial charge in [-0.05, 0) is 12.3 Å². The Balaban J connectivity index is 2.53. The van der Waals surface area contributed by atoms with Crippen LogP contribution in [0.4, 0.5) is 4.79 Å². The molecule has 0 unspecified atom stereocenters. The van der Waals surface area contributed by atoms with Gasteiger partial charge in [0.15, 0.2) is 0 Å². The molecule has 1 heterocycles. The Bertz CT molecular complexity index is 418. The van der Waals surface area contributed by atoms with Crippen LogP contribution >= 0.6 is 0 Å². The molecular weight excluding hydrogens is 250 g/mol. The van der Waals surface area contributed by atoms with E-state index in [1.165, 1.54) is 11.2 Å². The minimum atomic E-state index is -1.03. The predicted octanol–water partition coefficient (Wildman–Crippen LogP) is 0.445. The van der Waals surface area contributed by atoms with Gasteiger partial charge in [-0.25, -0.2) is 14.6 Å². The summed E-state index contributed by atoms with van der Waals surface area (Å²) in [6, 6.07) is -1.34. The number of nitrogens with zero attached hydrogens (tertiary/aromatic N) is 3. The third-order valence-electron chi connectivity index (χ3n) is 2.50. The van der Waals surface area contributed by atoms with Gasteiger partial charge in [-0.1, -0.05) is 13.8 Å². The summed E-state index contributed by atoms with van der Waals surface area (Å²) in [4.78, 5) is 28.1. The van der Waals surface area contributed by atoms with E-state index in [9.17, 15) is 9.59 Å². The molecule has 0 spiro atoms. The molecule has 19 heavy (non-hydrogen) atoms. The number of rotatable bonds is 6. The molecule has 8 nitrogen and oxygen atoms in total. The Kier molecular flexibility index (Phi) is 5.28. The smallest absolute Gasteiger partial charge is 0.326 e. The maximum Gasteiger partial charge on any atom is 0.326 e. The number of carboxylic acid groups (broad SMARTS) is 1. The Labute approximate surface area is 111 Å². The molecule has 0 aliphatic carbocycles. The maximum absolute atomic E-state index is 11.9. The van der Waals surface area contributed by atoms with Crippen molar-refractivity contribution >= 4 is 12.0 Å². The maximum atomic E-state index is 11.9. The number of H-pyrrole nitrogens is 1. The molecule has 2 amide bonds. The van der Waals surface area contributed by atoms with Crippen molar-refractivity contribution in [3.8, 4) is 0 Å². The lowest BCUT2D eigenvalue weighted by Gasteiger charge is -2.21. The molecule has 0 saturated heterocycles. The van der Waals surface area contributed by atoms with Gasteiger partial charge in [0.2, 0.25) is 0 Å². The topological polar surface area (TPSA) is 111 Å². The van der Waals surface area contributed by atoms with Gasteiger partial charge >= 0.3 is 12.0 Å². The van der Waals surface area contributed by atoms with Gasteiger partial charge < -0.3 is 15.3 Å². The van der Waals surface area contributed by atoms with Crippen molar-refractivity contribution in [1.82, 2.24) is 25.4 Å². The summed E-state index contributed by atoms with van der Waals surface area (Å²) >= 11 is 0. The van der Waals surface area contributed by atoms with E-state index in [0.717, 1.165) is 0 Å². The van der Waals surface area contributed by atoms with E-state index >= 15 is 0 Å². The lowest BCUT2D eigenvalue weighted by Crippen LogP contribution is -2.47. The van der Waals surface area contributed by atoms with E-state index in [4.69, 9.17) is 5.11 Å². The van der Waals surface area contributed by atoms with Gasteiger partial charge in [-0.3, -0.25) is 5.10 Å². The number of carbonyl (C=O) groups excluding carboxylic acids is 1. The molecule has 106 valence electrons. The third-order valence-corrected chi connectivity index (χ3v) is 2.50. The average molecular weight is 269 g/mol. The summed E-state index contributed by atoms with van der Waals surface area (Å²) < 4.78 is 0. The molecule has 0 aliphatic rings. The van der Waals surface area contributed by atoms with Crippen LogP contribution in [0.1, 0.15) is 26.1 Å². The van der Waals surface area contributed by atoms with Crippen LogP contribution < -0.4 is 5.32 Å². The molecule has 1 aromatic rings. The van der Waals surface area contributed by atoms with Crippen LogP contribution in [0.5, 0.6) is 0 Å². The highest BCUT2D eigenvalue weighted by Crippen LogP contribution is 2.06. The Morgan fingerprint density at radius 1 is 1.53 bits per heavy atom. The first kappa shape index (κ1) is 14.9. The summed E-state index contributed by atoms with van der Waals surface area (Å²) in [6.45, 7) is 4.04. The van der Waals surface area contributed by atoms with Crippen LogP contribution in [0.25, 0.3) is 0 Å². The average Bonchev–Trinajstić information content (AvgIpc) is 2.79. The molecule has 3 N–H and O–H groups in total. The first-order chi connectivity index (χ1) is 8.90. The summed E-state index contributed by atoms with van der Waals surface area (Å²) in [5.41, 5.74) is 0. The fraction of sp³-hybridized carbons (Fsp3) is 0.636. The lowest BCUT2D eigenvalue weighted by atomic mass is 10.0.